The van der Waals surface area contributed by atoms with Gasteiger partial charge in [0.05, 0.1) is 0 Å². The molecule has 104 valence electrons. The minimum atomic E-state index is -0.176. The maximum absolute atomic E-state index is 13.4. The fraction of sp³-hybridized carbons (Fsp3) is 0.333. The molecule has 1 N–H and O–H groups in total. The molecule has 0 spiro atoms. The fourth-order valence-corrected chi connectivity index (χ4v) is 2.86. The maximum atomic E-state index is 13.4. The second-order valence-electron chi connectivity index (χ2n) is 5.58. The predicted molar refractivity (Wildman–Crippen MR) is 81.2 cm³/mol. The molecular formula is C18H20FN. The van der Waals surface area contributed by atoms with Crippen molar-refractivity contribution in [3.05, 3.63) is 59.4 Å². The number of halogens is 1. The molecule has 20 heavy (non-hydrogen) atoms. The summed E-state index contributed by atoms with van der Waals surface area (Å²) in [7, 11) is 1.88. The van der Waals surface area contributed by atoms with Crippen molar-refractivity contribution in [3.8, 4) is 11.1 Å². The van der Waals surface area contributed by atoms with E-state index in [0.717, 1.165) is 17.0 Å². The van der Waals surface area contributed by atoms with Crippen molar-refractivity contribution in [2.75, 3.05) is 7.05 Å². The van der Waals surface area contributed by atoms with Crippen molar-refractivity contribution in [2.24, 2.45) is 0 Å². The van der Waals surface area contributed by atoms with E-state index in [4.69, 9.17) is 0 Å². The lowest BCUT2D eigenvalue weighted by Crippen LogP contribution is -2.08. The van der Waals surface area contributed by atoms with Gasteiger partial charge in [-0.05, 0) is 60.2 Å². The summed E-state index contributed by atoms with van der Waals surface area (Å²) in [4.78, 5) is 0. The number of nitrogens with one attached hydrogen (secondary N) is 1. The second-order valence-corrected chi connectivity index (χ2v) is 5.58. The first-order valence-electron chi connectivity index (χ1n) is 7.31. The van der Waals surface area contributed by atoms with Crippen LogP contribution in [0.25, 0.3) is 11.1 Å². The third-order valence-corrected chi connectivity index (χ3v) is 4.23. The third-order valence-electron chi connectivity index (χ3n) is 4.23. The highest BCUT2D eigenvalue weighted by Gasteiger charge is 2.19. The van der Waals surface area contributed by atoms with Crippen LogP contribution in [0.1, 0.15) is 36.3 Å². The van der Waals surface area contributed by atoms with Crippen LogP contribution in [0.15, 0.2) is 42.5 Å². The Balaban J connectivity index is 1.91. The van der Waals surface area contributed by atoms with Gasteiger partial charge in [0.1, 0.15) is 5.82 Å². The topological polar surface area (TPSA) is 12.0 Å². The van der Waals surface area contributed by atoms with E-state index < -0.39 is 0 Å². The van der Waals surface area contributed by atoms with Gasteiger partial charge >= 0.3 is 0 Å². The van der Waals surface area contributed by atoms with Gasteiger partial charge in [-0.25, -0.2) is 4.39 Å². The minimum Gasteiger partial charge on any atom is -0.316 e. The molecule has 0 atom stereocenters. The van der Waals surface area contributed by atoms with Gasteiger partial charge in [-0.15, -0.1) is 0 Å². The lowest BCUT2D eigenvalue weighted by molar-refractivity contribution is 0.420. The van der Waals surface area contributed by atoms with E-state index in [9.17, 15) is 4.39 Å². The predicted octanol–water partition coefficient (Wildman–Crippen LogP) is 4.48. The molecule has 2 aromatic carbocycles. The Bertz CT molecular complexity index is 585. The summed E-state index contributed by atoms with van der Waals surface area (Å²) in [5.74, 6) is 0.583. The summed E-state index contributed by atoms with van der Waals surface area (Å²) >= 11 is 0. The first-order chi connectivity index (χ1) is 9.78. The summed E-state index contributed by atoms with van der Waals surface area (Å²) < 4.78 is 13.4. The summed E-state index contributed by atoms with van der Waals surface area (Å²) in [5, 5.41) is 3.10. The van der Waals surface area contributed by atoms with Gasteiger partial charge in [0.15, 0.2) is 0 Å². The van der Waals surface area contributed by atoms with Crippen LogP contribution >= 0.6 is 0 Å². The Morgan fingerprint density at radius 1 is 1.10 bits per heavy atom. The van der Waals surface area contributed by atoms with Crippen LogP contribution in [-0.2, 0) is 6.54 Å². The zero-order valence-electron chi connectivity index (χ0n) is 11.8. The molecule has 1 aliphatic rings. The van der Waals surface area contributed by atoms with Crippen LogP contribution in [0, 0.1) is 5.82 Å². The van der Waals surface area contributed by atoms with E-state index in [1.54, 1.807) is 6.07 Å². The average Bonchev–Trinajstić information content (AvgIpc) is 2.39. The van der Waals surface area contributed by atoms with Gasteiger partial charge in [0.25, 0.3) is 0 Å². The average molecular weight is 269 g/mol. The molecule has 0 radical (unpaired) electrons. The van der Waals surface area contributed by atoms with E-state index in [1.165, 1.54) is 36.5 Å². The summed E-state index contributed by atoms with van der Waals surface area (Å²) in [6, 6.07) is 13.8. The van der Waals surface area contributed by atoms with Gasteiger partial charge in [-0.1, -0.05) is 36.8 Å². The fourth-order valence-electron chi connectivity index (χ4n) is 2.86. The zero-order valence-corrected chi connectivity index (χ0v) is 11.8. The summed E-state index contributed by atoms with van der Waals surface area (Å²) in [5.41, 5.74) is 4.72. The van der Waals surface area contributed by atoms with Crippen molar-refractivity contribution in [1.29, 1.82) is 0 Å². The highest BCUT2D eigenvalue weighted by molar-refractivity contribution is 5.67. The molecule has 0 bridgehead atoms. The van der Waals surface area contributed by atoms with E-state index in [1.807, 2.05) is 13.1 Å². The highest BCUT2D eigenvalue weighted by atomic mass is 19.1. The number of hydrogen-bond donors (Lipinski definition) is 1. The van der Waals surface area contributed by atoms with Crippen LogP contribution in [-0.4, -0.2) is 7.05 Å². The van der Waals surface area contributed by atoms with Gasteiger partial charge in [0, 0.05) is 6.54 Å². The normalized spacial score (nSPS) is 15.1. The molecule has 1 saturated carbocycles. The SMILES string of the molecule is CNCc1cc(F)ccc1-c1ccc(C2CCC2)cc1. The molecule has 1 fully saturated rings. The molecule has 1 aliphatic carbocycles. The molecule has 3 rings (SSSR count). The molecule has 0 aliphatic heterocycles. The summed E-state index contributed by atoms with van der Waals surface area (Å²) in [6.45, 7) is 0.678. The number of rotatable bonds is 4. The largest absolute Gasteiger partial charge is 0.316 e. The molecular weight excluding hydrogens is 249 g/mol. The Labute approximate surface area is 119 Å². The molecule has 0 saturated heterocycles. The molecule has 0 unspecified atom stereocenters. The van der Waals surface area contributed by atoms with E-state index in [-0.39, 0.29) is 5.82 Å². The molecule has 0 amide bonds. The van der Waals surface area contributed by atoms with E-state index >= 15 is 0 Å². The van der Waals surface area contributed by atoms with Crippen molar-refractivity contribution in [1.82, 2.24) is 5.32 Å². The van der Waals surface area contributed by atoms with Crippen LogP contribution in [0.4, 0.5) is 4.39 Å². The minimum absolute atomic E-state index is 0.176. The molecule has 1 nitrogen and oxygen atoms in total. The Morgan fingerprint density at radius 3 is 2.45 bits per heavy atom. The Hall–Kier alpha value is -1.67. The smallest absolute Gasteiger partial charge is 0.123 e. The number of benzene rings is 2. The van der Waals surface area contributed by atoms with Crippen LogP contribution in [0.5, 0.6) is 0 Å². The van der Waals surface area contributed by atoms with Gasteiger partial charge in [0.2, 0.25) is 0 Å². The summed E-state index contributed by atoms with van der Waals surface area (Å²) in [6.07, 6.45) is 4.00. The molecule has 0 aromatic heterocycles. The van der Waals surface area contributed by atoms with Crippen molar-refractivity contribution in [3.63, 3.8) is 0 Å². The van der Waals surface area contributed by atoms with Gasteiger partial charge in [-0.2, -0.15) is 0 Å². The van der Waals surface area contributed by atoms with Crippen molar-refractivity contribution < 1.29 is 4.39 Å². The second kappa shape index (κ2) is 5.76. The lowest BCUT2D eigenvalue weighted by atomic mass is 9.80. The van der Waals surface area contributed by atoms with Crippen molar-refractivity contribution in [2.45, 2.75) is 31.7 Å². The van der Waals surface area contributed by atoms with Crippen LogP contribution in [0.2, 0.25) is 0 Å². The quantitative estimate of drug-likeness (QED) is 0.863. The van der Waals surface area contributed by atoms with E-state index in [0.29, 0.717) is 6.54 Å². The molecule has 2 heteroatoms. The molecule has 0 heterocycles. The Kier molecular flexibility index (Phi) is 3.83. The van der Waals surface area contributed by atoms with Gasteiger partial charge in [-0.3, -0.25) is 0 Å². The lowest BCUT2D eigenvalue weighted by Gasteiger charge is -2.25. The zero-order chi connectivity index (χ0) is 13.9. The maximum Gasteiger partial charge on any atom is 0.123 e. The monoisotopic (exact) mass is 269 g/mol. The Morgan fingerprint density at radius 2 is 1.85 bits per heavy atom. The third kappa shape index (κ3) is 2.61. The van der Waals surface area contributed by atoms with Crippen LogP contribution in [0.3, 0.4) is 0 Å². The molecule has 2 aromatic rings. The first-order valence-corrected chi connectivity index (χ1v) is 7.31. The van der Waals surface area contributed by atoms with Crippen molar-refractivity contribution >= 4 is 0 Å². The first kappa shape index (κ1) is 13.3. The number of hydrogen-bond acceptors (Lipinski definition) is 1. The van der Waals surface area contributed by atoms with Gasteiger partial charge < -0.3 is 5.32 Å². The van der Waals surface area contributed by atoms with E-state index in [2.05, 4.69) is 29.6 Å². The van der Waals surface area contributed by atoms with Crippen LogP contribution < -0.4 is 5.32 Å². The highest BCUT2D eigenvalue weighted by Crippen LogP contribution is 2.37. The standard InChI is InChI=1S/C18H20FN/c1-20-12-16-11-17(19)9-10-18(16)15-7-5-14(6-8-15)13-3-2-4-13/h5-11,13,20H,2-4,12H2,1H3.